The number of ether oxygens (including phenoxy) is 1. The molecule has 3 rings (SSSR count). The lowest BCUT2D eigenvalue weighted by Gasteiger charge is -2.24. The van der Waals surface area contributed by atoms with Crippen LogP contribution >= 0.6 is 0 Å². The second-order valence-electron chi connectivity index (χ2n) is 6.33. The number of pyridine rings is 1. The molecule has 0 aliphatic carbocycles. The van der Waals surface area contributed by atoms with E-state index in [1.54, 1.807) is 6.20 Å². The molecule has 2 N–H and O–H groups in total. The van der Waals surface area contributed by atoms with Gasteiger partial charge in [0.2, 0.25) is 5.91 Å². The van der Waals surface area contributed by atoms with Gasteiger partial charge in [0.05, 0.1) is 0 Å². The number of nitrogens with zero attached hydrogens (tertiary/aromatic N) is 1. The highest BCUT2D eigenvalue weighted by atomic mass is 16.5. The minimum absolute atomic E-state index is 0.00118. The maximum absolute atomic E-state index is 12.1. The van der Waals surface area contributed by atoms with Gasteiger partial charge in [-0.2, -0.15) is 0 Å². The quantitative estimate of drug-likeness (QED) is 0.876. The first kappa shape index (κ1) is 17.2. The van der Waals surface area contributed by atoms with Gasteiger partial charge in [0.15, 0.2) is 0 Å². The number of anilines is 2. The fraction of sp³-hybridized carbons (Fsp3) is 0.368. The van der Waals surface area contributed by atoms with Crippen molar-refractivity contribution < 1.29 is 9.53 Å². The molecule has 1 saturated heterocycles. The fourth-order valence-electron chi connectivity index (χ4n) is 2.82. The van der Waals surface area contributed by atoms with Crippen LogP contribution in [0.1, 0.15) is 18.4 Å². The molecule has 0 unspecified atom stereocenters. The lowest BCUT2D eigenvalue weighted by molar-refractivity contribution is -0.116. The second-order valence-corrected chi connectivity index (χ2v) is 6.33. The Labute approximate surface area is 146 Å². The highest BCUT2D eigenvalue weighted by Gasteiger charge is 2.13. The molecular weight excluding hydrogens is 318 g/mol. The molecule has 0 radical (unpaired) electrons. The Bertz CT molecular complexity index is 777. The van der Waals surface area contributed by atoms with Gasteiger partial charge >= 0.3 is 0 Å². The number of carbonyl (C=O) groups is 1. The van der Waals surface area contributed by atoms with Crippen LogP contribution in [0.25, 0.3) is 0 Å². The number of nitrogens with one attached hydrogen (secondary N) is 2. The van der Waals surface area contributed by atoms with E-state index in [0.717, 1.165) is 37.3 Å². The van der Waals surface area contributed by atoms with Crippen LogP contribution < -0.4 is 16.2 Å². The Morgan fingerprint density at radius 3 is 2.52 bits per heavy atom. The molecule has 132 valence electrons. The summed E-state index contributed by atoms with van der Waals surface area (Å²) in [6, 6.07) is 11.4. The van der Waals surface area contributed by atoms with Crippen molar-refractivity contribution in [1.29, 1.82) is 0 Å². The maximum atomic E-state index is 12.1. The summed E-state index contributed by atoms with van der Waals surface area (Å²) < 4.78 is 6.74. The van der Waals surface area contributed by atoms with Crippen LogP contribution in [0.5, 0.6) is 0 Å². The van der Waals surface area contributed by atoms with Gasteiger partial charge in [0.25, 0.3) is 5.56 Å². The molecule has 1 aliphatic rings. The van der Waals surface area contributed by atoms with Crippen LogP contribution in [0, 0.1) is 6.92 Å². The summed E-state index contributed by atoms with van der Waals surface area (Å²) in [7, 11) is 0. The normalized spacial score (nSPS) is 14.9. The summed E-state index contributed by atoms with van der Waals surface area (Å²) in [6.07, 6.45) is 3.64. The number of rotatable bonds is 5. The zero-order valence-electron chi connectivity index (χ0n) is 14.3. The lowest BCUT2D eigenvalue weighted by Crippen LogP contribution is -2.28. The molecule has 2 heterocycles. The Kier molecular flexibility index (Phi) is 5.50. The monoisotopic (exact) mass is 341 g/mol. The summed E-state index contributed by atoms with van der Waals surface area (Å²) in [5.41, 5.74) is 2.45. The number of benzene rings is 1. The number of amides is 1. The Morgan fingerprint density at radius 1 is 1.16 bits per heavy atom. The maximum Gasteiger partial charge on any atom is 0.251 e. The molecule has 0 atom stereocenters. The first-order valence-corrected chi connectivity index (χ1v) is 8.51. The summed E-state index contributed by atoms with van der Waals surface area (Å²) in [6.45, 7) is 3.44. The number of aryl methyl sites for hydroxylation is 1. The van der Waals surface area contributed by atoms with Crippen molar-refractivity contribution in [2.45, 2.75) is 32.4 Å². The van der Waals surface area contributed by atoms with Crippen molar-refractivity contribution in [3.8, 4) is 0 Å². The summed E-state index contributed by atoms with van der Waals surface area (Å²) in [5.74, 6) is -0.226. The van der Waals surface area contributed by atoms with Gasteiger partial charge in [0.1, 0.15) is 6.54 Å². The molecule has 1 aliphatic heterocycles. The van der Waals surface area contributed by atoms with Crippen LogP contribution in [-0.4, -0.2) is 29.7 Å². The average Bonchev–Trinajstić information content (AvgIpc) is 2.60. The molecule has 1 fully saturated rings. The van der Waals surface area contributed by atoms with Crippen molar-refractivity contribution in [1.82, 2.24) is 4.57 Å². The molecule has 1 aromatic carbocycles. The smallest absolute Gasteiger partial charge is 0.251 e. The van der Waals surface area contributed by atoms with Gasteiger partial charge < -0.3 is 19.9 Å². The SMILES string of the molecule is Cc1ccn(CC(=O)Nc2ccc(NC3CCOCC3)cc2)c(=O)c1. The molecule has 0 spiro atoms. The lowest BCUT2D eigenvalue weighted by atomic mass is 10.1. The summed E-state index contributed by atoms with van der Waals surface area (Å²) >= 11 is 0. The van der Waals surface area contributed by atoms with Crippen molar-refractivity contribution in [3.05, 3.63) is 58.5 Å². The topological polar surface area (TPSA) is 72.4 Å². The van der Waals surface area contributed by atoms with Crippen molar-refractivity contribution in [3.63, 3.8) is 0 Å². The van der Waals surface area contributed by atoms with Crippen LogP contribution in [0.3, 0.4) is 0 Å². The standard InChI is InChI=1S/C19H23N3O3/c1-14-6-9-22(19(24)12-14)13-18(23)21-16-4-2-15(3-5-16)20-17-7-10-25-11-8-17/h2-6,9,12,17,20H,7-8,10-11,13H2,1H3,(H,21,23). The van der Waals surface area contributed by atoms with Gasteiger partial charge in [-0.3, -0.25) is 9.59 Å². The van der Waals surface area contributed by atoms with Gasteiger partial charge in [-0.1, -0.05) is 0 Å². The number of hydrogen-bond acceptors (Lipinski definition) is 4. The fourth-order valence-corrected chi connectivity index (χ4v) is 2.82. The van der Waals surface area contributed by atoms with Crippen LogP contribution in [0.4, 0.5) is 11.4 Å². The predicted molar refractivity (Wildman–Crippen MR) is 98.0 cm³/mol. The third-order valence-corrected chi connectivity index (χ3v) is 4.23. The van der Waals surface area contributed by atoms with E-state index >= 15 is 0 Å². The van der Waals surface area contributed by atoms with Crippen molar-refractivity contribution in [2.24, 2.45) is 0 Å². The van der Waals surface area contributed by atoms with Gasteiger partial charge in [-0.25, -0.2) is 0 Å². The first-order chi connectivity index (χ1) is 12.1. The largest absolute Gasteiger partial charge is 0.382 e. The predicted octanol–water partition coefficient (Wildman–Crippen LogP) is 2.39. The first-order valence-electron chi connectivity index (χ1n) is 8.51. The zero-order valence-corrected chi connectivity index (χ0v) is 14.3. The summed E-state index contributed by atoms with van der Waals surface area (Å²) in [5, 5.41) is 6.29. The minimum atomic E-state index is -0.226. The highest BCUT2D eigenvalue weighted by Crippen LogP contribution is 2.17. The third kappa shape index (κ3) is 4.93. The van der Waals surface area contributed by atoms with Crippen LogP contribution in [0.15, 0.2) is 47.4 Å². The van der Waals surface area contributed by atoms with Crippen molar-refractivity contribution >= 4 is 17.3 Å². The third-order valence-electron chi connectivity index (χ3n) is 4.23. The van der Waals surface area contributed by atoms with Crippen LogP contribution in [-0.2, 0) is 16.1 Å². The number of carbonyl (C=O) groups excluding carboxylic acids is 1. The van der Waals surface area contributed by atoms with Gasteiger partial charge in [0, 0.05) is 42.9 Å². The Morgan fingerprint density at radius 2 is 1.84 bits per heavy atom. The number of aromatic nitrogens is 1. The molecule has 25 heavy (non-hydrogen) atoms. The van der Waals surface area contributed by atoms with Crippen LogP contribution in [0.2, 0.25) is 0 Å². The van der Waals surface area contributed by atoms with E-state index in [2.05, 4.69) is 10.6 Å². The van der Waals surface area contributed by atoms with Crippen molar-refractivity contribution in [2.75, 3.05) is 23.8 Å². The van der Waals surface area contributed by atoms with E-state index in [1.807, 2.05) is 37.3 Å². The molecule has 0 saturated carbocycles. The Hall–Kier alpha value is -2.60. The van der Waals surface area contributed by atoms with Gasteiger partial charge in [-0.15, -0.1) is 0 Å². The minimum Gasteiger partial charge on any atom is -0.382 e. The molecule has 1 aromatic heterocycles. The highest BCUT2D eigenvalue weighted by molar-refractivity contribution is 5.90. The van der Waals surface area contributed by atoms with E-state index < -0.39 is 0 Å². The zero-order chi connectivity index (χ0) is 17.6. The average molecular weight is 341 g/mol. The van der Waals surface area contributed by atoms with E-state index in [-0.39, 0.29) is 18.0 Å². The molecule has 6 heteroatoms. The number of hydrogen-bond donors (Lipinski definition) is 2. The second kappa shape index (κ2) is 7.98. The Balaban J connectivity index is 1.55. The molecule has 6 nitrogen and oxygen atoms in total. The molecule has 1 amide bonds. The summed E-state index contributed by atoms with van der Waals surface area (Å²) in [4.78, 5) is 23.9. The molecule has 2 aromatic rings. The molecular formula is C19H23N3O3. The van der Waals surface area contributed by atoms with Gasteiger partial charge in [-0.05, 0) is 55.7 Å². The molecule has 0 bridgehead atoms. The van der Waals surface area contributed by atoms with E-state index in [1.165, 1.54) is 10.6 Å². The van der Waals surface area contributed by atoms with E-state index in [4.69, 9.17) is 4.74 Å². The van der Waals surface area contributed by atoms with E-state index in [0.29, 0.717) is 11.7 Å². The van der Waals surface area contributed by atoms with E-state index in [9.17, 15) is 9.59 Å².